The summed E-state index contributed by atoms with van der Waals surface area (Å²) in [6.45, 7) is 7.38. The van der Waals surface area contributed by atoms with Crippen molar-refractivity contribution in [2.75, 3.05) is 27.4 Å². The van der Waals surface area contributed by atoms with Crippen LogP contribution in [0.4, 0.5) is 0 Å². The molecular formula is C128H168O20. The summed E-state index contributed by atoms with van der Waals surface area (Å²) >= 11 is 0. The topological polar surface area (TPSA) is 200 Å². The van der Waals surface area contributed by atoms with Crippen molar-refractivity contribution in [3.63, 3.8) is 0 Å². The molecule has 800 valence electrons. The molecule has 20 nitrogen and oxygen atoms in total. The first-order valence-electron chi connectivity index (χ1n) is 55.6. The van der Waals surface area contributed by atoms with Crippen LogP contribution in [0, 0.1) is 0 Å². The number of rotatable bonds is 44. The Bertz CT molecular complexity index is 4740. The Morgan fingerprint density at radius 1 is 0.250 bits per heavy atom. The van der Waals surface area contributed by atoms with E-state index in [-0.39, 0.29) is 90.1 Å². The van der Waals surface area contributed by atoms with Gasteiger partial charge in [0.1, 0.15) is 73.5 Å². The molecule has 0 aliphatic carbocycles. The predicted molar refractivity (Wildman–Crippen MR) is 581 cm³/mol. The number of esters is 2. The van der Waals surface area contributed by atoms with E-state index in [1.165, 1.54) is 11.1 Å². The first-order chi connectivity index (χ1) is 73.0. The van der Waals surface area contributed by atoms with E-state index in [1.807, 2.05) is 170 Å². The molecule has 0 radical (unpaired) electrons. The van der Waals surface area contributed by atoms with Crippen molar-refractivity contribution in [2.45, 2.75) is 396 Å². The van der Waals surface area contributed by atoms with Crippen LogP contribution in [0.5, 0.6) is 11.5 Å². The Morgan fingerprint density at radius 3 is 0.777 bits per heavy atom. The molecule has 148 heavy (non-hydrogen) atoms. The normalized spacial score (nSPS) is 23.2. The number of ether oxygens (including phenoxy) is 18. The Kier molecular flexibility index (Phi) is 53.7. The first kappa shape index (κ1) is 115. The van der Waals surface area contributed by atoms with Crippen molar-refractivity contribution in [1.82, 2.24) is 0 Å². The molecule has 16 atom stereocenters. The molecule has 13 rings (SSSR count). The van der Waals surface area contributed by atoms with Crippen molar-refractivity contribution < 1.29 is 94.9 Å². The van der Waals surface area contributed by atoms with E-state index < -0.39 is 85.6 Å². The summed E-state index contributed by atoms with van der Waals surface area (Å²) in [7, 11) is 3.33. The van der Waals surface area contributed by atoms with Gasteiger partial charge < -0.3 is 85.3 Å². The average molecular weight is 2030 g/mol. The summed E-state index contributed by atoms with van der Waals surface area (Å²) in [6.07, 6.45) is 21.6. The highest BCUT2D eigenvalue weighted by atomic mass is 16.7. The molecule has 0 unspecified atom stereocenters. The van der Waals surface area contributed by atoms with Crippen molar-refractivity contribution in [3.05, 3.63) is 347 Å². The number of hydrogen-bond donors (Lipinski definition) is 0. The standard InChI is InChI=1S/C128H168O20/c1-99(133-87-101-55-31-21-32-56-101)53-29-19-51-73-113-71-47-15-11-7-5-9-13-17-49-76-116(136-90-110-79-83-112(132-4)84-80-110)86-120(130)138-98-118-122(140-92-104-61-37-24-38-62-104)124(142-94-106-65-41-26-42-66-106)126(144-96-108-69-45-28-46-70-108)128(148-118)146-114(74-52-20-30-54-100(2)134-88-102-57-33-22-34-58-102)72-48-16-12-8-6-10-14-18-50-75-115(135-89-109-77-81-111(131-3)82-78-109)85-119(129)137-97-117-121(139-91-103-59-35-23-36-60-103)123(141-93-105-63-39-25-40-64-105)125(127(145-113)147-117)143-95-107-67-43-27-44-68-107/h21-28,31-46,55-70,77-84,99-100,113-118,121-128H,5-20,29-30,47-54,71-76,85-98H2,1-4H3/t99-,100-,113+,114+,115-,116-,117-,118-,121-,122-,123+,124+,125-,126-,127-,128-/m1/s1. The lowest BCUT2D eigenvalue weighted by Gasteiger charge is -2.46. The molecule has 4 bridgehead atoms. The van der Waals surface area contributed by atoms with Crippen molar-refractivity contribution in [1.29, 1.82) is 0 Å². The predicted octanol–water partition coefficient (Wildman–Crippen LogP) is 28.5. The maximum Gasteiger partial charge on any atom is 0.308 e. The van der Waals surface area contributed by atoms with E-state index in [9.17, 15) is 9.59 Å². The molecule has 3 heterocycles. The molecule has 3 aliphatic heterocycles. The van der Waals surface area contributed by atoms with E-state index in [0.29, 0.717) is 39.3 Å². The fraction of sp³-hybridized carbons (Fsp3) is 0.516. The molecule has 3 aliphatic rings. The lowest BCUT2D eigenvalue weighted by Crippen LogP contribution is -2.62. The lowest BCUT2D eigenvalue weighted by molar-refractivity contribution is -0.335. The van der Waals surface area contributed by atoms with Crippen LogP contribution in [0.1, 0.15) is 288 Å². The average Bonchev–Trinajstić information content (AvgIpc) is 0.785. The molecule has 0 amide bonds. The van der Waals surface area contributed by atoms with Crippen LogP contribution in [0.15, 0.2) is 291 Å². The number of carbonyl (C=O) groups is 2. The number of hydrogen-bond acceptors (Lipinski definition) is 20. The Labute approximate surface area is 883 Å². The van der Waals surface area contributed by atoms with Crippen LogP contribution in [0.25, 0.3) is 0 Å². The van der Waals surface area contributed by atoms with Gasteiger partial charge in [0.2, 0.25) is 0 Å². The van der Waals surface area contributed by atoms with E-state index in [2.05, 4.69) is 135 Å². The van der Waals surface area contributed by atoms with E-state index in [0.717, 1.165) is 249 Å². The van der Waals surface area contributed by atoms with Crippen molar-refractivity contribution in [3.8, 4) is 11.5 Å². The summed E-state index contributed by atoms with van der Waals surface area (Å²) in [5, 5.41) is 0. The minimum Gasteiger partial charge on any atom is -0.497 e. The lowest BCUT2D eigenvalue weighted by atomic mass is 9.97. The van der Waals surface area contributed by atoms with Crippen LogP contribution in [-0.4, -0.2) is 137 Å². The molecule has 20 heteroatoms. The largest absolute Gasteiger partial charge is 0.497 e. The van der Waals surface area contributed by atoms with E-state index in [1.54, 1.807) is 14.2 Å². The molecule has 3 fully saturated rings. The van der Waals surface area contributed by atoms with Crippen LogP contribution in [-0.2, 0) is 151 Å². The number of methoxy groups -OCH3 is 2. The smallest absolute Gasteiger partial charge is 0.308 e. The highest BCUT2D eigenvalue weighted by Gasteiger charge is 2.52. The quantitative estimate of drug-likeness (QED) is 0.0258. The third kappa shape index (κ3) is 43.9. The van der Waals surface area contributed by atoms with Crippen LogP contribution < -0.4 is 9.47 Å². The van der Waals surface area contributed by atoms with Gasteiger partial charge in [-0.05, 0) is 145 Å². The van der Waals surface area contributed by atoms with Crippen LogP contribution in [0.3, 0.4) is 0 Å². The minimum absolute atomic E-state index is 0.0386. The third-order valence-corrected chi connectivity index (χ3v) is 28.6. The van der Waals surface area contributed by atoms with Crippen LogP contribution in [0.2, 0.25) is 0 Å². The summed E-state index contributed by atoms with van der Waals surface area (Å²) in [4.78, 5) is 30.0. The van der Waals surface area contributed by atoms with E-state index >= 15 is 0 Å². The molecule has 10 aromatic rings. The molecule has 0 N–H and O–H groups in total. The second-order valence-electron chi connectivity index (χ2n) is 40.5. The Morgan fingerprint density at radius 2 is 0.493 bits per heavy atom. The van der Waals surface area contributed by atoms with Gasteiger partial charge in [0.05, 0.1) is 130 Å². The number of unbranched alkanes of at least 4 members (excludes halogenated alkanes) is 4. The van der Waals surface area contributed by atoms with Crippen LogP contribution >= 0.6 is 0 Å². The molecular weight excluding hydrogens is 1860 g/mol. The SMILES string of the molecule is COc1ccc(CO[C@@H]2CCCCCCCCCCC[C@@H](CCCCC[C@@H](C)OCc3ccccc3)O[C@@H]3O[C@H](COC(=O)C[C@H](OCc4ccc(OC)cc4)CCCCCCCCCCC[C@@H](CCCCC[C@@H](C)OCc4ccccc4)O[C@@H]4O[C@H](COC(=O)C2)[C@@H](OCc2ccccc2)[C@H](OCc2ccccc2)[C@H]4OCc2ccccc2)[C@@H](OCc2ccccc2)[C@H](OCc2ccccc2)[C@H]3OCc2ccccc2)cc1. The van der Waals surface area contributed by atoms with Gasteiger partial charge in [-0.1, -0.05) is 421 Å². The molecule has 10 aromatic carbocycles. The van der Waals surface area contributed by atoms with Crippen molar-refractivity contribution >= 4 is 11.9 Å². The first-order valence-corrected chi connectivity index (χ1v) is 55.6. The van der Waals surface area contributed by atoms with Gasteiger partial charge in [0.25, 0.3) is 0 Å². The maximum atomic E-state index is 15.0. The summed E-state index contributed by atoms with van der Waals surface area (Å²) in [5.74, 6) is 0.734. The van der Waals surface area contributed by atoms with Gasteiger partial charge in [0.15, 0.2) is 12.6 Å². The highest BCUT2D eigenvalue weighted by Crippen LogP contribution is 2.38. The second kappa shape index (κ2) is 68.9. The van der Waals surface area contributed by atoms with Gasteiger partial charge in [0, 0.05) is 0 Å². The highest BCUT2D eigenvalue weighted by molar-refractivity contribution is 5.70. The fourth-order valence-corrected chi connectivity index (χ4v) is 19.8. The summed E-state index contributed by atoms with van der Waals surface area (Å²) in [5.41, 5.74) is 10.2. The second-order valence-corrected chi connectivity index (χ2v) is 40.5. The number of cyclic esters (lactones) is 2. The number of carbonyl (C=O) groups excluding carboxylic acids is 2. The van der Waals surface area contributed by atoms with Gasteiger partial charge in [-0.25, -0.2) is 0 Å². The molecule has 0 spiro atoms. The van der Waals surface area contributed by atoms with Gasteiger partial charge in [-0.3, -0.25) is 9.59 Å². The Hall–Kier alpha value is -9.82. The Balaban J connectivity index is 0.756. The number of fused-ring (bicyclic) bond motifs is 4. The third-order valence-electron chi connectivity index (χ3n) is 28.6. The maximum absolute atomic E-state index is 15.0. The van der Waals surface area contributed by atoms with Crippen molar-refractivity contribution in [2.24, 2.45) is 0 Å². The van der Waals surface area contributed by atoms with Gasteiger partial charge >= 0.3 is 11.9 Å². The summed E-state index contributed by atoms with van der Waals surface area (Å²) in [6, 6.07) is 97.7. The summed E-state index contributed by atoms with van der Waals surface area (Å²) < 4.78 is 124. The van der Waals surface area contributed by atoms with E-state index in [4.69, 9.17) is 85.3 Å². The molecule has 0 aromatic heterocycles. The van der Waals surface area contributed by atoms with Gasteiger partial charge in [-0.15, -0.1) is 0 Å². The number of benzene rings is 10. The zero-order chi connectivity index (χ0) is 103. The molecule has 3 saturated heterocycles. The minimum atomic E-state index is -0.949. The zero-order valence-corrected chi connectivity index (χ0v) is 88.6. The van der Waals surface area contributed by atoms with Gasteiger partial charge in [-0.2, -0.15) is 0 Å². The molecule has 0 saturated carbocycles. The monoisotopic (exact) mass is 2030 g/mol. The zero-order valence-electron chi connectivity index (χ0n) is 88.6. The fourth-order valence-electron chi connectivity index (χ4n) is 19.8.